The summed E-state index contributed by atoms with van der Waals surface area (Å²) in [5, 5.41) is 4.06. The molecule has 1 fully saturated rings. The van der Waals surface area contributed by atoms with Crippen LogP contribution in [0.3, 0.4) is 0 Å². The molecule has 1 heterocycles. The summed E-state index contributed by atoms with van der Waals surface area (Å²) in [7, 11) is 0. The molecular formula is C10H16N2O. The first-order valence-electron chi connectivity index (χ1n) is 4.66. The fourth-order valence-corrected chi connectivity index (χ4v) is 2.19. The van der Waals surface area contributed by atoms with Gasteiger partial charge in [0.05, 0.1) is 5.69 Å². The molecule has 2 N–H and O–H groups in total. The molecule has 1 atom stereocenters. The third-order valence-corrected chi connectivity index (χ3v) is 3.38. The van der Waals surface area contributed by atoms with Gasteiger partial charge in [-0.2, -0.15) is 0 Å². The molecule has 0 bridgehead atoms. The van der Waals surface area contributed by atoms with Crippen LogP contribution in [0.1, 0.15) is 31.7 Å². The Kier molecular flexibility index (Phi) is 1.58. The second-order valence-electron chi connectivity index (χ2n) is 4.67. The van der Waals surface area contributed by atoms with E-state index in [0.29, 0.717) is 6.54 Å². The van der Waals surface area contributed by atoms with Gasteiger partial charge in [0.1, 0.15) is 5.76 Å². The van der Waals surface area contributed by atoms with Crippen molar-refractivity contribution in [3.63, 3.8) is 0 Å². The SMILES string of the molecule is Cc1cc(C2(CN)CC2(C)C)no1. The number of aryl methyl sites for hydroxylation is 1. The fourth-order valence-electron chi connectivity index (χ4n) is 2.19. The molecule has 1 saturated carbocycles. The average Bonchev–Trinajstić information content (AvgIpc) is 2.43. The van der Waals surface area contributed by atoms with E-state index in [2.05, 4.69) is 19.0 Å². The summed E-state index contributed by atoms with van der Waals surface area (Å²) in [6.07, 6.45) is 1.11. The average molecular weight is 180 g/mol. The van der Waals surface area contributed by atoms with Crippen molar-refractivity contribution in [3.8, 4) is 0 Å². The molecule has 0 spiro atoms. The quantitative estimate of drug-likeness (QED) is 0.752. The van der Waals surface area contributed by atoms with E-state index in [9.17, 15) is 0 Å². The summed E-state index contributed by atoms with van der Waals surface area (Å²) in [4.78, 5) is 0. The van der Waals surface area contributed by atoms with Crippen LogP contribution in [0, 0.1) is 12.3 Å². The molecule has 1 aliphatic rings. The molecule has 3 heteroatoms. The van der Waals surface area contributed by atoms with Crippen molar-refractivity contribution in [3.05, 3.63) is 17.5 Å². The largest absolute Gasteiger partial charge is 0.361 e. The molecule has 0 amide bonds. The first-order chi connectivity index (χ1) is 6.02. The van der Waals surface area contributed by atoms with Gasteiger partial charge in [0.15, 0.2) is 0 Å². The Morgan fingerprint density at radius 3 is 2.54 bits per heavy atom. The normalized spacial score (nSPS) is 30.5. The minimum absolute atomic E-state index is 0.0742. The van der Waals surface area contributed by atoms with Crippen molar-refractivity contribution in [2.75, 3.05) is 6.54 Å². The summed E-state index contributed by atoms with van der Waals surface area (Å²) in [5.41, 5.74) is 7.19. The summed E-state index contributed by atoms with van der Waals surface area (Å²) in [6, 6.07) is 2.00. The molecule has 0 saturated heterocycles. The Morgan fingerprint density at radius 1 is 1.62 bits per heavy atom. The van der Waals surface area contributed by atoms with E-state index in [1.54, 1.807) is 0 Å². The highest BCUT2D eigenvalue weighted by Gasteiger charge is 2.62. The molecule has 1 aliphatic carbocycles. The molecule has 2 rings (SSSR count). The van der Waals surface area contributed by atoms with E-state index in [-0.39, 0.29) is 10.8 Å². The van der Waals surface area contributed by atoms with Gasteiger partial charge in [-0.05, 0) is 18.8 Å². The Bertz CT molecular complexity index is 329. The first-order valence-corrected chi connectivity index (χ1v) is 4.66. The predicted octanol–water partition coefficient (Wildman–Crippen LogP) is 1.61. The van der Waals surface area contributed by atoms with Crippen LogP contribution in [-0.4, -0.2) is 11.7 Å². The number of hydrogen-bond donors (Lipinski definition) is 1. The van der Waals surface area contributed by atoms with Crippen molar-refractivity contribution < 1.29 is 4.52 Å². The molecule has 1 aromatic rings. The van der Waals surface area contributed by atoms with Crippen LogP contribution in [0.25, 0.3) is 0 Å². The van der Waals surface area contributed by atoms with Gasteiger partial charge < -0.3 is 10.3 Å². The maximum absolute atomic E-state index is 5.80. The summed E-state index contributed by atoms with van der Waals surface area (Å²) >= 11 is 0. The summed E-state index contributed by atoms with van der Waals surface area (Å²) in [5.74, 6) is 0.866. The van der Waals surface area contributed by atoms with Crippen molar-refractivity contribution in [2.24, 2.45) is 11.1 Å². The first kappa shape index (κ1) is 8.75. The number of aromatic nitrogens is 1. The van der Waals surface area contributed by atoms with Gasteiger partial charge in [0.25, 0.3) is 0 Å². The van der Waals surface area contributed by atoms with E-state index in [1.165, 1.54) is 0 Å². The Hall–Kier alpha value is -0.830. The monoisotopic (exact) mass is 180 g/mol. The minimum Gasteiger partial charge on any atom is -0.361 e. The highest BCUT2D eigenvalue weighted by molar-refractivity contribution is 5.32. The molecule has 0 aromatic carbocycles. The maximum Gasteiger partial charge on any atom is 0.133 e. The van der Waals surface area contributed by atoms with Gasteiger partial charge >= 0.3 is 0 Å². The molecule has 72 valence electrons. The van der Waals surface area contributed by atoms with Gasteiger partial charge in [-0.3, -0.25) is 0 Å². The number of nitrogens with two attached hydrogens (primary N) is 1. The van der Waals surface area contributed by atoms with Gasteiger partial charge in [-0.25, -0.2) is 0 Å². The Morgan fingerprint density at radius 2 is 2.23 bits per heavy atom. The summed E-state index contributed by atoms with van der Waals surface area (Å²) < 4.78 is 5.08. The van der Waals surface area contributed by atoms with Crippen molar-refractivity contribution >= 4 is 0 Å². The van der Waals surface area contributed by atoms with Crippen LogP contribution in [0.4, 0.5) is 0 Å². The Labute approximate surface area is 78.3 Å². The van der Waals surface area contributed by atoms with Crippen LogP contribution in [-0.2, 0) is 5.41 Å². The van der Waals surface area contributed by atoms with Crippen molar-refractivity contribution in [1.29, 1.82) is 0 Å². The number of nitrogens with zero attached hydrogens (tertiary/aromatic N) is 1. The highest BCUT2D eigenvalue weighted by atomic mass is 16.5. The van der Waals surface area contributed by atoms with Gasteiger partial charge in [-0.1, -0.05) is 19.0 Å². The maximum atomic E-state index is 5.80. The second kappa shape index (κ2) is 2.35. The zero-order valence-electron chi connectivity index (χ0n) is 8.42. The molecule has 1 aromatic heterocycles. The molecular weight excluding hydrogens is 164 g/mol. The molecule has 1 unspecified atom stereocenters. The Balaban J connectivity index is 2.35. The third kappa shape index (κ3) is 1.03. The summed E-state index contributed by atoms with van der Waals surface area (Å²) in [6.45, 7) is 7.02. The van der Waals surface area contributed by atoms with E-state index < -0.39 is 0 Å². The van der Waals surface area contributed by atoms with Gasteiger partial charge in [-0.15, -0.1) is 0 Å². The van der Waals surface area contributed by atoms with E-state index in [0.717, 1.165) is 17.9 Å². The zero-order valence-corrected chi connectivity index (χ0v) is 8.42. The lowest BCUT2D eigenvalue weighted by Crippen LogP contribution is -2.25. The van der Waals surface area contributed by atoms with Gasteiger partial charge in [0.2, 0.25) is 0 Å². The van der Waals surface area contributed by atoms with E-state index >= 15 is 0 Å². The van der Waals surface area contributed by atoms with Crippen LogP contribution < -0.4 is 5.73 Å². The fraction of sp³-hybridized carbons (Fsp3) is 0.700. The molecule has 3 nitrogen and oxygen atoms in total. The standard InChI is InChI=1S/C10H16N2O/c1-7-4-8(12-13-7)10(6-11)5-9(10,2)3/h4H,5-6,11H2,1-3H3. The van der Waals surface area contributed by atoms with Crippen LogP contribution in [0.15, 0.2) is 10.6 Å². The number of hydrogen-bond acceptors (Lipinski definition) is 3. The van der Waals surface area contributed by atoms with E-state index in [4.69, 9.17) is 10.3 Å². The smallest absolute Gasteiger partial charge is 0.133 e. The van der Waals surface area contributed by atoms with Crippen LogP contribution in [0.2, 0.25) is 0 Å². The van der Waals surface area contributed by atoms with Crippen molar-refractivity contribution in [1.82, 2.24) is 5.16 Å². The lowest BCUT2D eigenvalue weighted by atomic mass is 9.92. The lowest BCUT2D eigenvalue weighted by Gasteiger charge is -2.14. The predicted molar refractivity (Wildman–Crippen MR) is 50.4 cm³/mol. The topological polar surface area (TPSA) is 52.0 Å². The molecule has 0 radical (unpaired) electrons. The molecule has 0 aliphatic heterocycles. The highest BCUT2D eigenvalue weighted by Crippen LogP contribution is 2.63. The third-order valence-electron chi connectivity index (χ3n) is 3.38. The lowest BCUT2D eigenvalue weighted by molar-refractivity contribution is 0.373. The number of rotatable bonds is 2. The van der Waals surface area contributed by atoms with Crippen molar-refractivity contribution in [2.45, 2.75) is 32.6 Å². The second-order valence-corrected chi connectivity index (χ2v) is 4.67. The minimum atomic E-state index is 0.0742. The van der Waals surface area contributed by atoms with E-state index in [1.807, 2.05) is 13.0 Å². The van der Waals surface area contributed by atoms with Gasteiger partial charge in [0, 0.05) is 18.0 Å². The zero-order chi connectivity index (χ0) is 9.69. The van der Waals surface area contributed by atoms with Crippen LogP contribution in [0.5, 0.6) is 0 Å². The van der Waals surface area contributed by atoms with Crippen LogP contribution >= 0.6 is 0 Å². The molecule has 13 heavy (non-hydrogen) atoms.